The third-order valence-corrected chi connectivity index (χ3v) is 5.31. The highest BCUT2D eigenvalue weighted by atomic mass is 35.5. The van der Waals surface area contributed by atoms with E-state index in [0.29, 0.717) is 20.6 Å². The van der Waals surface area contributed by atoms with Gasteiger partial charge in [0.05, 0.1) is 26.1 Å². The summed E-state index contributed by atoms with van der Waals surface area (Å²) in [4.78, 5) is 3.76. The fourth-order valence-electron chi connectivity index (χ4n) is 2.38. The van der Waals surface area contributed by atoms with Crippen molar-refractivity contribution >= 4 is 56.5 Å². The van der Waals surface area contributed by atoms with Gasteiger partial charge in [0.25, 0.3) is 0 Å². The lowest BCUT2D eigenvalue weighted by molar-refractivity contribution is 0.686. The van der Waals surface area contributed by atoms with Gasteiger partial charge in [-0.25, -0.2) is 4.21 Å². The van der Waals surface area contributed by atoms with E-state index in [-0.39, 0.29) is 0 Å². The first-order valence-electron chi connectivity index (χ1n) is 7.57. The minimum atomic E-state index is -1.39. The molecule has 2 aromatic carbocycles. The smallest absolute Gasteiger partial charge is 0.150 e. The molecule has 0 aliphatic heterocycles. The first-order chi connectivity index (χ1) is 11.6. The summed E-state index contributed by atoms with van der Waals surface area (Å²) in [6.45, 7) is 3.02. The van der Waals surface area contributed by atoms with Gasteiger partial charge in [0.15, 0.2) is 0 Å². The van der Waals surface area contributed by atoms with Crippen molar-refractivity contribution in [2.24, 2.45) is 0 Å². The van der Waals surface area contributed by atoms with Crippen molar-refractivity contribution in [3.63, 3.8) is 0 Å². The second-order valence-corrected chi connectivity index (χ2v) is 7.33. The molecule has 1 heterocycles. The quantitative estimate of drug-likeness (QED) is 0.532. The lowest BCUT2D eigenvalue weighted by Gasteiger charge is -2.09. The van der Waals surface area contributed by atoms with Crippen molar-refractivity contribution in [1.29, 1.82) is 0 Å². The number of halogens is 2. The molecule has 126 valence electrons. The molecule has 1 aromatic heterocycles. The van der Waals surface area contributed by atoms with Crippen molar-refractivity contribution in [3.05, 3.63) is 52.6 Å². The molecule has 3 rings (SSSR count). The van der Waals surface area contributed by atoms with Gasteiger partial charge in [-0.05, 0) is 42.8 Å². The Labute approximate surface area is 153 Å². The normalized spacial score (nSPS) is 12.3. The Balaban J connectivity index is 1.81. The van der Waals surface area contributed by atoms with Crippen LogP contribution in [0.15, 0.2) is 47.5 Å². The second kappa shape index (κ2) is 7.47. The monoisotopic (exact) mass is 381 g/mol. The van der Waals surface area contributed by atoms with E-state index in [1.165, 1.54) is 0 Å². The van der Waals surface area contributed by atoms with Crippen LogP contribution in [0.5, 0.6) is 0 Å². The Morgan fingerprint density at radius 3 is 2.54 bits per heavy atom. The summed E-state index contributed by atoms with van der Waals surface area (Å²) in [6.07, 6.45) is 2.72. The summed E-state index contributed by atoms with van der Waals surface area (Å²) >= 11 is 12.3. The van der Waals surface area contributed by atoms with Crippen molar-refractivity contribution in [2.75, 3.05) is 16.6 Å². The van der Waals surface area contributed by atoms with Crippen LogP contribution in [0.25, 0.3) is 10.9 Å². The molecule has 0 spiro atoms. The first-order valence-corrected chi connectivity index (χ1v) is 9.48. The molecule has 0 aliphatic carbocycles. The van der Waals surface area contributed by atoms with Gasteiger partial charge in [0.2, 0.25) is 0 Å². The summed E-state index contributed by atoms with van der Waals surface area (Å²) < 4.78 is 15.6. The predicted octanol–water partition coefficient (Wildman–Crippen LogP) is 5.43. The number of aromatic amines is 1. The Bertz CT molecular complexity index is 877. The molecule has 3 aromatic rings. The van der Waals surface area contributed by atoms with Gasteiger partial charge in [-0.1, -0.05) is 30.1 Å². The molecule has 0 saturated heterocycles. The van der Waals surface area contributed by atoms with Crippen LogP contribution < -0.4 is 10.0 Å². The first kappa shape index (κ1) is 17.1. The number of fused-ring (bicyclic) bond motifs is 1. The zero-order chi connectivity index (χ0) is 17.1. The van der Waals surface area contributed by atoms with Crippen molar-refractivity contribution < 1.29 is 4.21 Å². The van der Waals surface area contributed by atoms with E-state index in [9.17, 15) is 4.21 Å². The molecule has 7 heteroatoms. The van der Waals surface area contributed by atoms with Gasteiger partial charge in [0.1, 0.15) is 11.0 Å². The van der Waals surface area contributed by atoms with Crippen LogP contribution in [0.1, 0.15) is 13.3 Å². The van der Waals surface area contributed by atoms with Crippen LogP contribution in [0, 0.1) is 0 Å². The number of hydrogen-bond acceptors (Lipinski definition) is 2. The maximum atomic E-state index is 12.6. The van der Waals surface area contributed by atoms with Gasteiger partial charge in [-0.15, -0.1) is 0 Å². The van der Waals surface area contributed by atoms with Gasteiger partial charge in [0, 0.05) is 23.8 Å². The lowest BCUT2D eigenvalue weighted by atomic mass is 10.2. The van der Waals surface area contributed by atoms with E-state index >= 15 is 0 Å². The summed E-state index contributed by atoms with van der Waals surface area (Å²) in [7, 11) is -1.39. The molecule has 0 aliphatic rings. The molecule has 0 radical (unpaired) electrons. The highest BCUT2D eigenvalue weighted by molar-refractivity contribution is 7.86. The zero-order valence-electron chi connectivity index (χ0n) is 13.0. The topological polar surface area (TPSA) is 56.9 Å². The Kier molecular flexibility index (Phi) is 5.33. The SMILES string of the molecule is CCCNc1ccc(S(=O)Nc2ccc(Cl)c3c(Cl)c[nH]c23)cc1. The summed E-state index contributed by atoms with van der Waals surface area (Å²) in [5.41, 5.74) is 2.44. The fraction of sp³-hybridized carbons (Fsp3) is 0.176. The Hall–Kier alpha value is -1.69. The summed E-state index contributed by atoms with van der Waals surface area (Å²) in [5, 5.41) is 5.10. The Morgan fingerprint density at radius 1 is 1.08 bits per heavy atom. The highest BCUT2D eigenvalue weighted by Crippen LogP contribution is 2.35. The van der Waals surface area contributed by atoms with Crippen LogP contribution in [-0.2, 0) is 11.0 Å². The van der Waals surface area contributed by atoms with Crippen molar-refractivity contribution in [2.45, 2.75) is 18.2 Å². The maximum Gasteiger partial charge on any atom is 0.150 e. The minimum absolute atomic E-state index is 0.538. The third kappa shape index (κ3) is 3.53. The third-order valence-electron chi connectivity index (χ3n) is 3.59. The minimum Gasteiger partial charge on any atom is -0.385 e. The van der Waals surface area contributed by atoms with E-state index in [1.807, 2.05) is 24.3 Å². The zero-order valence-corrected chi connectivity index (χ0v) is 15.4. The van der Waals surface area contributed by atoms with E-state index in [0.717, 1.165) is 29.6 Å². The number of aromatic nitrogens is 1. The molecular formula is C17H17Cl2N3OS. The molecule has 3 N–H and O–H groups in total. The molecule has 0 bridgehead atoms. The molecule has 24 heavy (non-hydrogen) atoms. The van der Waals surface area contributed by atoms with E-state index in [1.54, 1.807) is 18.3 Å². The van der Waals surface area contributed by atoms with Gasteiger partial charge < -0.3 is 10.3 Å². The molecule has 0 saturated carbocycles. The maximum absolute atomic E-state index is 12.6. The molecule has 1 unspecified atom stereocenters. The fourth-order valence-corrected chi connectivity index (χ4v) is 3.81. The van der Waals surface area contributed by atoms with E-state index in [4.69, 9.17) is 23.2 Å². The molecule has 1 atom stereocenters. The number of H-pyrrole nitrogens is 1. The number of rotatable bonds is 6. The van der Waals surface area contributed by atoms with Crippen LogP contribution in [0.2, 0.25) is 10.0 Å². The number of anilines is 2. The van der Waals surface area contributed by atoms with Crippen molar-refractivity contribution in [3.8, 4) is 0 Å². The summed E-state index contributed by atoms with van der Waals surface area (Å²) in [6, 6.07) is 11.1. The van der Waals surface area contributed by atoms with E-state index < -0.39 is 11.0 Å². The Morgan fingerprint density at radius 2 is 1.83 bits per heavy atom. The average Bonchev–Trinajstić information content (AvgIpc) is 2.99. The standard InChI is InChI=1S/C17H17Cl2N3OS/c1-2-9-20-11-3-5-12(6-4-11)24(23)22-15-8-7-13(18)16-14(19)10-21-17(15)16/h3-8,10,20-22H,2,9H2,1H3. The van der Waals surface area contributed by atoms with E-state index in [2.05, 4.69) is 21.9 Å². The number of hydrogen-bond donors (Lipinski definition) is 3. The van der Waals surface area contributed by atoms with Crippen LogP contribution in [-0.4, -0.2) is 15.7 Å². The average molecular weight is 382 g/mol. The van der Waals surface area contributed by atoms with Gasteiger partial charge >= 0.3 is 0 Å². The molecule has 0 amide bonds. The number of benzene rings is 2. The molecule has 0 fully saturated rings. The highest BCUT2D eigenvalue weighted by Gasteiger charge is 2.12. The number of nitrogens with one attached hydrogen (secondary N) is 3. The van der Waals surface area contributed by atoms with Crippen LogP contribution in [0.4, 0.5) is 11.4 Å². The second-order valence-electron chi connectivity index (χ2n) is 5.30. The van der Waals surface area contributed by atoms with Gasteiger partial charge in [-0.3, -0.25) is 4.72 Å². The molecule has 4 nitrogen and oxygen atoms in total. The predicted molar refractivity (Wildman–Crippen MR) is 104 cm³/mol. The van der Waals surface area contributed by atoms with Gasteiger partial charge in [-0.2, -0.15) is 0 Å². The summed E-state index contributed by atoms with van der Waals surface area (Å²) in [5.74, 6) is 0. The van der Waals surface area contributed by atoms with Crippen LogP contribution in [0.3, 0.4) is 0 Å². The van der Waals surface area contributed by atoms with Crippen LogP contribution >= 0.6 is 23.2 Å². The lowest BCUT2D eigenvalue weighted by Crippen LogP contribution is -2.06. The largest absolute Gasteiger partial charge is 0.385 e. The molecular weight excluding hydrogens is 365 g/mol. The van der Waals surface area contributed by atoms with Crippen molar-refractivity contribution in [1.82, 2.24) is 4.98 Å².